The Hall–Kier alpha value is -3.19. The number of hydrogen-bond donors (Lipinski definition) is 3. The number of aryl methyl sites for hydroxylation is 1. The molecule has 0 aliphatic rings. The first-order valence-electron chi connectivity index (χ1n) is 8.66. The number of thiophene rings is 1. The summed E-state index contributed by atoms with van der Waals surface area (Å²) < 4.78 is 0.917. The topological polar surface area (TPSA) is 104 Å². The van der Waals surface area contributed by atoms with Gasteiger partial charge in [0, 0.05) is 4.70 Å². The Morgan fingerprint density at radius 1 is 1.04 bits per heavy atom. The summed E-state index contributed by atoms with van der Waals surface area (Å²) in [4.78, 5) is 35.4. The number of fused-ring (bicyclic) bond motifs is 1. The van der Waals surface area contributed by atoms with Crippen LogP contribution in [0.25, 0.3) is 10.1 Å². The van der Waals surface area contributed by atoms with Gasteiger partial charge in [0.05, 0.1) is 11.3 Å². The van der Waals surface area contributed by atoms with Gasteiger partial charge in [-0.05, 0) is 35.9 Å². The highest BCUT2D eigenvalue weighted by Crippen LogP contribution is 2.33. The molecule has 0 saturated heterocycles. The molecule has 1 amide bonds. The molecule has 144 valence electrons. The predicted molar refractivity (Wildman–Crippen MR) is 107 cm³/mol. The fourth-order valence-electron chi connectivity index (χ4n) is 2.97. The van der Waals surface area contributed by atoms with Gasteiger partial charge < -0.3 is 15.5 Å². The standard InChI is InChI=1S/C21H19NO5S/c1-12-6-8-13(9-7-12)10-15-14-4-2-3-5-17(14)28-19(15)20(25)22-16(21(26)27)11-18(23)24/h2-9,16H,10-11H2,1H3,(H,22,25)(H,23,24)(H,26,27). The van der Waals surface area contributed by atoms with Crippen LogP contribution in [0.4, 0.5) is 0 Å². The molecular formula is C21H19NO5S. The quantitative estimate of drug-likeness (QED) is 0.566. The van der Waals surface area contributed by atoms with Crippen LogP contribution in [0, 0.1) is 6.92 Å². The first-order chi connectivity index (χ1) is 13.3. The third kappa shape index (κ3) is 4.37. The maximum absolute atomic E-state index is 12.8. The van der Waals surface area contributed by atoms with E-state index in [1.54, 1.807) is 0 Å². The van der Waals surface area contributed by atoms with Crippen molar-refractivity contribution in [2.75, 3.05) is 0 Å². The Morgan fingerprint density at radius 2 is 1.71 bits per heavy atom. The first kappa shape index (κ1) is 19.6. The Kier molecular flexibility index (Phi) is 5.75. The van der Waals surface area contributed by atoms with Crippen molar-refractivity contribution in [2.45, 2.75) is 25.8 Å². The zero-order valence-electron chi connectivity index (χ0n) is 15.1. The monoisotopic (exact) mass is 397 g/mol. The third-order valence-electron chi connectivity index (χ3n) is 4.39. The molecule has 3 aromatic rings. The number of carboxylic acid groups (broad SMARTS) is 2. The zero-order valence-corrected chi connectivity index (χ0v) is 16.0. The number of nitrogens with one attached hydrogen (secondary N) is 1. The molecule has 3 rings (SSSR count). The van der Waals surface area contributed by atoms with Crippen molar-refractivity contribution in [1.82, 2.24) is 5.32 Å². The fourth-order valence-corrected chi connectivity index (χ4v) is 4.09. The van der Waals surface area contributed by atoms with Gasteiger partial charge in [-0.1, -0.05) is 48.0 Å². The smallest absolute Gasteiger partial charge is 0.326 e. The molecule has 0 bridgehead atoms. The van der Waals surface area contributed by atoms with E-state index in [1.807, 2.05) is 55.5 Å². The van der Waals surface area contributed by atoms with Crippen LogP contribution in [0.2, 0.25) is 0 Å². The van der Waals surface area contributed by atoms with Crippen molar-refractivity contribution in [1.29, 1.82) is 0 Å². The molecular weight excluding hydrogens is 378 g/mol. The van der Waals surface area contributed by atoms with Gasteiger partial charge in [0.15, 0.2) is 0 Å². The maximum atomic E-state index is 12.8. The van der Waals surface area contributed by atoms with E-state index in [2.05, 4.69) is 5.32 Å². The number of rotatable bonds is 7. The minimum atomic E-state index is -1.48. The van der Waals surface area contributed by atoms with Crippen LogP contribution in [0.1, 0.15) is 32.8 Å². The Balaban J connectivity index is 1.97. The number of amides is 1. The summed E-state index contributed by atoms with van der Waals surface area (Å²) in [5, 5.41) is 21.4. The van der Waals surface area contributed by atoms with Crippen molar-refractivity contribution in [2.24, 2.45) is 0 Å². The minimum absolute atomic E-state index is 0.401. The van der Waals surface area contributed by atoms with Crippen molar-refractivity contribution >= 4 is 39.3 Å². The van der Waals surface area contributed by atoms with Gasteiger partial charge in [-0.3, -0.25) is 9.59 Å². The second-order valence-corrected chi connectivity index (χ2v) is 7.58. The van der Waals surface area contributed by atoms with Crippen LogP contribution in [0.15, 0.2) is 48.5 Å². The lowest BCUT2D eigenvalue weighted by Gasteiger charge is -2.13. The molecule has 1 aromatic heterocycles. The minimum Gasteiger partial charge on any atom is -0.481 e. The Bertz CT molecular complexity index is 1040. The van der Waals surface area contributed by atoms with Crippen molar-refractivity contribution in [3.63, 3.8) is 0 Å². The third-order valence-corrected chi connectivity index (χ3v) is 5.60. The van der Waals surface area contributed by atoms with Crippen LogP contribution in [-0.4, -0.2) is 34.1 Å². The highest BCUT2D eigenvalue weighted by atomic mass is 32.1. The molecule has 0 aliphatic carbocycles. The number of carbonyl (C=O) groups excluding carboxylic acids is 1. The average Bonchev–Trinajstić information content (AvgIpc) is 3.01. The van der Waals surface area contributed by atoms with Gasteiger partial charge in [0.2, 0.25) is 0 Å². The van der Waals surface area contributed by atoms with Crippen LogP contribution in [-0.2, 0) is 16.0 Å². The molecule has 7 heteroatoms. The van der Waals surface area contributed by atoms with Gasteiger partial charge in [-0.15, -0.1) is 11.3 Å². The van der Waals surface area contributed by atoms with Crippen molar-refractivity contribution < 1.29 is 24.6 Å². The normalized spacial score (nSPS) is 11.9. The van der Waals surface area contributed by atoms with Crippen molar-refractivity contribution in [3.8, 4) is 0 Å². The number of hydrogen-bond acceptors (Lipinski definition) is 4. The summed E-state index contributed by atoms with van der Waals surface area (Å²) in [5.74, 6) is -3.24. The molecule has 1 unspecified atom stereocenters. The average molecular weight is 397 g/mol. The maximum Gasteiger partial charge on any atom is 0.326 e. The lowest BCUT2D eigenvalue weighted by atomic mass is 10.0. The van der Waals surface area contributed by atoms with E-state index in [9.17, 15) is 19.5 Å². The highest BCUT2D eigenvalue weighted by molar-refractivity contribution is 7.21. The summed E-state index contributed by atoms with van der Waals surface area (Å²) >= 11 is 1.27. The molecule has 0 aliphatic heterocycles. The SMILES string of the molecule is Cc1ccc(Cc2c(C(=O)NC(CC(=O)O)C(=O)O)sc3ccccc23)cc1. The van der Waals surface area contributed by atoms with E-state index in [-0.39, 0.29) is 0 Å². The highest BCUT2D eigenvalue weighted by Gasteiger charge is 2.26. The Morgan fingerprint density at radius 3 is 2.36 bits per heavy atom. The molecule has 2 aromatic carbocycles. The molecule has 1 atom stereocenters. The number of aliphatic carboxylic acids is 2. The summed E-state index contributed by atoms with van der Waals surface area (Å²) in [6.07, 6.45) is -0.164. The van der Waals surface area contributed by atoms with Crippen LogP contribution in [0.5, 0.6) is 0 Å². The molecule has 28 heavy (non-hydrogen) atoms. The zero-order chi connectivity index (χ0) is 20.3. The molecule has 3 N–H and O–H groups in total. The van der Waals surface area contributed by atoms with E-state index in [0.29, 0.717) is 11.3 Å². The molecule has 0 radical (unpaired) electrons. The summed E-state index contributed by atoms with van der Waals surface area (Å²) in [6.45, 7) is 2.00. The summed E-state index contributed by atoms with van der Waals surface area (Å²) in [6, 6.07) is 14.1. The summed E-state index contributed by atoms with van der Waals surface area (Å²) in [7, 11) is 0. The molecule has 0 fully saturated rings. The predicted octanol–water partition coefficient (Wildman–Crippen LogP) is 3.46. The van der Waals surface area contributed by atoms with E-state index < -0.39 is 30.3 Å². The molecule has 0 saturated carbocycles. The number of benzene rings is 2. The van der Waals surface area contributed by atoms with Crippen LogP contribution >= 0.6 is 11.3 Å². The van der Waals surface area contributed by atoms with Crippen molar-refractivity contribution in [3.05, 3.63) is 70.1 Å². The Labute approximate surface area is 165 Å². The van der Waals surface area contributed by atoms with Crippen LogP contribution < -0.4 is 5.32 Å². The number of carboxylic acids is 2. The molecule has 1 heterocycles. The largest absolute Gasteiger partial charge is 0.481 e. The van der Waals surface area contributed by atoms with E-state index >= 15 is 0 Å². The second kappa shape index (κ2) is 8.22. The van der Waals surface area contributed by atoms with E-state index in [1.165, 1.54) is 11.3 Å². The molecule has 0 spiro atoms. The molecule has 6 nitrogen and oxygen atoms in total. The fraction of sp³-hybridized carbons (Fsp3) is 0.190. The number of carbonyl (C=O) groups is 3. The lowest BCUT2D eigenvalue weighted by Crippen LogP contribution is -2.42. The van der Waals surface area contributed by atoms with Gasteiger partial charge in [-0.25, -0.2) is 4.79 Å². The van der Waals surface area contributed by atoms with E-state index in [0.717, 1.165) is 26.8 Å². The van der Waals surface area contributed by atoms with Gasteiger partial charge in [-0.2, -0.15) is 0 Å². The van der Waals surface area contributed by atoms with Crippen LogP contribution in [0.3, 0.4) is 0 Å². The first-order valence-corrected chi connectivity index (χ1v) is 9.48. The van der Waals surface area contributed by atoms with Gasteiger partial charge in [0.1, 0.15) is 6.04 Å². The summed E-state index contributed by atoms with van der Waals surface area (Å²) in [5.41, 5.74) is 2.97. The van der Waals surface area contributed by atoms with Gasteiger partial charge in [0.25, 0.3) is 5.91 Å². The van der Waals surface area contributed by atoms with E-state index in [4.69, 9.17) is 5.11 Å². The van der Waals surface area contributed by atoms with Gasteiger partial charge >= 0.3 is 11.9 Å². The second-order valence-electron chi connectivity index (χ2n) is 6.53. The lowest BCUT2D eigenvalue weighted by molar-refractivity contribution is -0.145.